The third-order valence-corrected chi connectivity index (χ3v) is 4.58. The molecule has 0 amide bonds. The van der Waals surface area contributed by atoms with Crippen molar-refractivity contribution in [2.75, 3.05) is 0 Å². The second kappa shape index (κ2) is 8.99. The van der Waals surface area contributed by atoms with E-state index in [2.05, 4.69) is 16.5 Å². The van der Waals surface area contributed by atoms with Crippen LogP contribution in [0.2, 0.25) is 0 Å². The molecule has 154 valence electrons. The van der Waals surface area contributed by atoms with Crippen LogP contribution in [-0.4, -0.2) is 31.4 Å². The Morgan fingerprint density at radius 3 is 2.52 bits per heavy atom. The molecule has 2 heterocycles. The number of carbonyl (C=O) groups is 2. The fraction of sp³-hybridized carbons (Fsp3) is 0.263. The van der Waals surface area contributed by atoms with Crippen molar-refractivity contribution < 1.29 is 27.9 Å². The second-order valence-electron chi connectivity index (χ2n) is 6.35. The Balaban J connectivity index is 2.25. The first-order valence-electron chi connectivity index (χ1n) is 8.42. The van der Waals surface area contributed by atoms with Crippen LogP contribution in [0.5, 0.6) is 0 Å². The summed E-state index contributed by atoms with van der Waals surface area (Å²) in [5.41, 5.74) is -1.10. The highest BCUT2D eigenvalue weighted by Gasteiger charge is 2.35. The van der Waals surface area contributed by atoms with Crippen molar-refractivity contribution in [3.63, 3.8) is 0 Å². The summed E-state index contributed by atoms with van der Waals surface area (Å²) < 4.78 is 40.4. The third-order valence-electron chi connectivity index (χ3n) is 3.57. The number of allylic oxidation sites excluding steroid dienone is 2. The van der Waals surface area contributed by atoms with Gasteiger partial charge in [-0.15, -0.1) is 11.3 Å². The van der Waals surface area contributed by atoms with Crippen molar-refractivity contribution in [1.82, 2.24) is 14.5 Å². The number of aromatic carboxylic acids is 1. The van der Waals surface area contributed by atoms with E-state index in [1.165, 1.54) is 18.2 Å². The standard InChI is InChI=1S/C19H18F3N3O3S/c1-4-16-24-17(18(27)28)13(29-16)7-5-12(26)6-8-15-23-9-14(19(20,21)22)25(15)10-11(2)3/h4-9,11H,1,10H2,2-3H3,(H,27,28)/b7-5+,8-6+. The SMILES string of the molecule is C=Cc1nc(C(=O)O)c(/C=C/C(=O)/C=C/c2ncc(C(F)(F)F)n2CC(C)C)s1. The van der Waals surface area contributed by atoms with E-state index in [4.69, 9.17) is 5.11 Å². The second-order valence-corrected chi connectivity index (χ2v) is 7.41. The number of aromatic nitrogens is 3. The highest BCUT2D eigenvalue weighted by atomic mass is 32.1. The summed E-state index contributed by atoms with van der Waals surface area (Å²) in [6.45, 7) is 7.15. The molecule has 0 bridgehead atoms. The molecule has 0 unspecified atom stereocenters. The van der Waals surface area contributed by atoms with Crippen molar-refractivity contribution >= 4 is 41.3 Å². The van der Waals surface area contributed by atoms with Gasteiger partial charge >= 0.3 is 12.1 Å². The largest absolute Gasteiger partial charge is 0.476 e. The minimum atomic E-state index is -4.56. The van der Waals surface area contributed by atoms with Crippen LogP contribution in [0.15, 0.2) is 24.9 Å². The average Bonchev–Trinajstić information content (AvgIpc) is 3.21. The molecule has 29 heavy (non-hydrogen) atoms. The van der Waals surface area contributed by atoms with Gasteiger partial charge in [0.2, 0.25) is 0 Å². The molecule has 0 spiro atoms. The molecule has 1 N–H and O–H groups in total. The number of carboxylic acids is 1. The maximum atomic E-state index is 13.1. The molecule has 0 fully saturated rings. The van der Waals surface area contributed by atoms with E-state index in [1.54, 1.807) is 13.8 Å². The van der Waals surface area contributed by atoms with Crippen molar-refractivity contribution in [2.24, 2.45) is 5.92 Å². The number of nitrogens with zero attached hydrogens (tertiary/aromatic N) is 3. The van der Waals surface area contributed by atoms with Crippen LogP contribution < -0.4 is 0 Å². The van der Waals surface area contributed by atoms with Gasteiger partial charge in [0.05, 0.1) is 11.1 Å². The van der Waals surface area contributed by atoms with Crippen molar-refractivity contribution in [2.45, 2.75) is 26.6 Å². The Morgan fingerprint density at radius 2 is 1.97 bits per heavy atom. The van der Waals surface area contributed by atoms with E-state index in [9.17, 15) is 22.8 Å². The number of hydrogen-bond acceptors (Lipinski definition) is 5. The van der Waals surface area contributed by atoms with Crippen molar-refractivity contribution in [3.8, 4) is 0 Å². The van der Waals surface area contributed by atoms with Crippen LogP contribution in [-0.2, 0) is 17.5 Å². The molecule has 6 nitrogen and oxygen atoms in total. The zero-order chi connectivity index (χ0) is 21.8. The predicted molar refractivity (Wildman–Crippen MR) is 104 cm³/mol. The molecule has 2 aromatic rings. The van der Waals surface area contributed by atoms with Gasteiger partial charge in [-0.25, -0.2) is 14.8 Å². The summed E-state index contributed by atoms with van der Waals surface area (Å²) >= 11 is 1.05. The number of imidazole rings is 1. The Kier molecular flexibility index (Phi) is 6.91. The van der Waals surface area contributed by atoms with Crippen LogP contribution >= 0.6 is 11.3 Å². The summed E-state index contributed by atoms with van der Waals surface area (Å²) in [7, 11) is 0. The van der Waals surface area contributed by atoms with Crippen LogP contribution in [0.3, 0.4) is 0 Å². The lowest BCUT2D eigenvalue weighted by molar-refractivity contribution is -0.143. The average molecular weight is 425 g/mol. The molecule has 0 saturated carbocycles. The van der Waals surface area contributed by atoms with Gasteiger partial charge in [-0.2, -0.15) is 13.2 Å². The number of carboxylic acid groups (broad SMARTS) is 1. The number of carbonyl (C=O) groups excluding carboxylic acids is 1. The smallest absolute Gasteiger partial charge is 0.433 e. The molecule has 0 aromatic carbocycles. The highest BCUT2D eigenvalue weighted by molar-refractivity contribution is 7.13. The van der Waals surface area contributed by atoms with E-state index in [-0.39, 0.29) is 28.9 Å². The quantitative estimate of drug-likeness (QED) is 0.622. The molecule has 10 heteroatoms. The van der Waals surface area contributed by atoms with E-state index in [1.807, 2.05) is 0 Å². The Morgan fingerprint density at radius 1 is 1.31 bits per heavy atom. The number of hydrogen-bond donors (Lipinski definition) is 1. The van der Waals surface area contributed by atoms with E-state index in [0.717, 1.165) is 34.3 Å². The zero-order valence-corrected chi connectivity index (χ0v) is 16.4. The molecular weight excluding hydrogens is 407 g/mol. The number of alkyl halides is 3. The minimum absolute atomic E-state index is 0.00531. The van der Waals surface area contributed by atoms with Crippen molar-refractivity contribution in [1.29, 1.82) is 0 Å². The van der Waals surface area contributed by atoms with Gasteiger partial charge in [-0.1, -0.05) is 20.4 Å². The summed E-state index contributed by atoms with van der Waals surface area (Å²) in [4.78, 5) is 31.1. The van der Waals surface area contributed by atoms with Gasteiger partial charge in [0.1, 0.15) is 16.5 Å². The number of ketones is 1. The molecule has 2 aromatic heterocycles. The zero-order valence-electron chi connectivity index (χ0n) is 15.6. The van der Waals surface area contributed by atoms with Gasteiger partial charge in [-0.05, 0) is 36.3 Å². The highest BCUT2D eigenvalue weighted by Crippen LogP contribution is 2.30. The monoisotopic (exact) mass is 425 g/mol. The summed E-state index contributed by atoms with van der Waals surface area (Å²) in [6.07, 6.45) is 2.25. The first-order chi connectivity index (χ1) is 13.5. The van der Waals surface area contributed by atoms with Crippen molar-refractivity contribution in [3.05, 3.63) is 52.0 Å². The Hall–Kier alpha value is -3.01. The fourth-order valence-electron chi connectivity index (χ4n) is 2.38. The summed E-state index contributed by atoms with van der Waals surface area (Å²) in [5, 5.41) is 9.53. The van der Waals surface area contributed by atoms with Gasteiger partial charge in [0, 0.05) is 6.54 Å². The fourth-order valence-corrected chi connectivity index (χ4v) is 3.19. The van der Waals surface area contributed by atoms with Crippen LogP contribution in [0.4, 0.5) is 13.2 Å². The normalized spacial score (nSPS) is 12.3. The lowest BCUT2D eigenvalue weighted by atomic mass is 10.2. The molecule has 0 aliphatic carbocycles. The maximum Gasteiger partial charge on any atom is 0.433 e. The molecule has 0 saturated heterocycles. The topological polar surface area (TPSA) is 85.1 Å². The minimum Gasteiger partial charge on any atom is -0.476 e. The third kappa shape index (κ3) is 5.74. The van der Waals surface area contributed by atoms with Crippen LogP contribution in [0.1, 0.15) is 45.7 Å². The number of halogens is 3. The molecule has 0 radical (unpaired) electrons. The molecule has 0 atom stereocenters. The van der Waals surface area contributed by atoms with Crippen LogP contribution in [0.25, 0.3) is 18.2 Å². The molecule has 2 rings (SSSR count). The Bertz CT molecular complexity index is 985. The predicted octanol–water partition coefficient (Wildman–Crippen LogP) is 4.65. The molecule has 0 aliphatic heterocycles. The number of rotatable bonds is 8. The maximum absolute atomic E-state index is 13.1. The van der Waals surface area contributed by atoms with Gasteiger partial charge in [0.15, 0.2) is 11.5 Å². The first-order valence-corrected chi connectivity index (χ1v) is 9.24. The summed E-state index contributed by atoms with van der Waals surface area (Å²) in [5.74, 6) is -1.84. The summed E-state index contributed by atoms with van der Waals surface area (Å²) in [6, 6.07) is 0. The van der Waals surface area contributed by atoms with Gasteiger partial charge in [0.25, 0.3) is 0 Å². The molecule has 0 aliphatic rings. The van der Waals surface area contributed by atoms with Crippen LogP contribution in [0, 0.1) is 5.92 Å². The van der Waals surface area contributed by atoms with Gasteiger partial charge in [-0.3, -0.25) is 4.79 Å². The van der Waals surface area contributed by atoms with Gasteiger partial charge < -0.3 is 9.67 Å². The number of thiazole rings is 1. The first kappa shape index (κ1) is 22.3. The van der Waals surface area contributed by atoms with E-state index in [0.29, 0.717) is 5.01 Å². The Labute approximate surface area is 168 Å². The molecular formula is C19H18F3N3O3S. The lowest BCUT2D eigenvalue weighted by Gasteiger charge is -2.14. The van der Waals surface area contributed by atoms with E-state index >= 15 is 0 Å². The van der Waals surface area contributed by atoms with E-state index < -0.39 is 23.6 Å². The lowest BCUT2D eigenvalue weighted by Crippen LogP contribution is -2.17.